The number of allylic oxidation sites excluding steroid dienone is 1. The molecule has 1 N–H and O–H groups in total. The first kappa shape index (κ1) is 20.8. The van der Waals surface area contributed by atoms with E-state index in [4.69, 9.17) is 4.74 Å². The van der Waals surface area contributed by atoms with Crippen LogP contribution in [-0.4, -0.2) is 30.5 Å². The molecule has 0 spiro atoms. The number of aromatic amines is 1. The first-order valence-corrected chi connectivity index (χ1v) is 9.66. The second-order valence-electron chi connectivity index (χ2n) is 6.78. The summed E-state index contributed by atoms with van der Waals surface area (Å²) in [6, 6.07) is 14.4. The van der Waals surface area contributed by atoms with Crippen LogP contribution in [0.2, 0.25) is 0 Å². The number of nitrogens with one attached hydrogen (secondary N) is 1. The summed E-state index contributed by atoms with van der Waals surface area (Å²) in [5, 5.41) is 1.18. The molecule has 0 saturated carbocycles. The van der Waals surface area contributed by atoms with Crippen LogP contribution in [0.5, 0.6) is 5.75 Å². The Morgan fingerprint density at radius 1 is 1.07 bits per heavy atom. The Hall–Kier alpha value is -2.52. The molecule has 0 atom stereocenters. The Morgan fingerprint density at radius 2 is 1.78 bits per heavy atom. The third kappa shape index (κ3) is 5.24. The molecule has 27 heavy (non-hydrogen) atoms. The second kappa shape index (κ2) is 9.98. The second-order valence-corrected chi connectivity index (χ2v) is 6.78. The van der Waals surface area contributed by atoms with E-state index in [1.807, 2.05) is 39.0 Å². The number of likely N-dealkylation sites (N-methyl/N-ethyl adjacent to an activating group) is 1. The molecule has 0 aliphatic rings. The summed E-state index contributed by atoms with van der Waals surface area (Å²) < 4.78 is 6.18. The fraction of sp³-hybridized carbons (Fsp3) is 0.333. The van der Waals surface area contributed by atoms with Crippen molar-refractivity contribution in [1.82, 2.24) is 9.88 Å². The van der Waals surface area contributed by atoms with Crippen molar-refractivity contribution in [1.29, 1.82) is 0 Å². The minimum absolute atomic E-state index is 0.570. The van der Waals surface area contributed by atoms with Crippen LogP contribution in [0.3, 0.4) is 0 Å². The Labute approximate surface area is 163 Å². The summed E-state index contributed by atoms with van der Waals surface area (Å²) in [5.41, 5.74) is 5.78. The monoisotopic (exact) mass is 364 g/mol. The molecule has 1 aromatic heterocycles. The van der Waals surface area contributed by atoms with E-state index >= 15 is 0 Å². The van der Waals surface area contributed by atoms with Gasteiger partial charge in [0.05, 0.1) is 5.52 Å². The minimum Gasteiger partial charge on any atom is -0.488 e. The Morgan fingerprint density at radius 3 is 2.41 bits per heavy atom. The number of H-pyrrole nitrogens is 1. The number of hydrogen-bond acceptors (Lipinski definition) is 2. The van der Waals surface area contributed by atoms with Gasteiger partial charge in [-0.15, -0.1) is 0 Å². The maximum atomic E-state index is 6.18. The smallest absolute Gasteiger partial charge is 0.129 e. The summed E-state index contributed by atoms with van der Waals surface area (Å²) in [5.74, 6) is 0.929. The van der Waals surface area contributed by atoms with Gasteiger partial charge in [0, 0.05) is 23.7 Å². The molecule has 0 bridgehead atoms. The van der Waals surface area contributed by atoms with Crippen LogP contribution in [0.25, 0.3) is 16.5 Å². The lowest BCUT2D eigenvalue weighted by molar-refractivity contribution is 0.310. The highest BCUT2D eigenvalue weighted by Gasteiger charge is 2.14. The Balaban J connectivity index is 0.00000126. The lowest BCUT2D eigenvalue weighted by Gasteiger charge is -2.13. The molecule has 3 rings (SSSR count). The van der Waals surface area contributed by atoms with Crippen LogP contribution in [0.4, 0.5) is 0 Å². The predicted octanol–water partition coefficient (Wildman–Crippen LogP) is 5.91. The summed E-state index contributed by atoms with van der Waals surface area (Å²) >= 11 is 0. The molecule has 3 aromatic rings. The third-order valence-electron chi connectivity index (χ3n) is 4.40. The van der Waals surface area contributed by atoms with Crippen molar-refractivity contribution in [2.45, 2.75) is 33.8 Å². The van der Waals surface area contributed by atoms with Gasteiger partial charge in [-0.05, 0) is 56.3 Å². The van der Waals surface area contributed by atoms with E-state index < -0.39 is 0 Å². The molecule has 0 amide bonds. The highest BCUT2D eigenvalue weighted by molar-refractivity contribution is 5.97. The number of ether oxygens (including phenoxy) is 1. The zero-order chi connectivity index (χ0) is 19.8. The molecule has 3 nitrogen and oxygen atoms in total. The largest absolute Gasteiger partial charge is 0.488 e. The van der Waals surface area contributed by atoms with Gasteiger partial charge in [0.25, 0.3) is 0 Å². The first-order valence-electron chi connectivity index (χ1n) is 9.66. The van der Waals surface area contributed by atoms with Gasteiger partial charge in [-0.1, -0.05) is 50.8 Å². The fourth-order valence-electron chi connectivity index (χ4n) is 3.04. The molecule has 3 heteroatoms. The van der Waals surface area contributed by atoms with Crippen molar-refractivity contribution >= 4 is 16.5 Å². The zero-order valence-corrected chi connectivity index (χ0v) is 17.3. The lowest BCUT2D eigenvalue weighted by atomic mass is 10.0. The van der Waals surface area contributed by atoms with E-state index in [9.17, 15) is 0 Å². The summed E-state index contributed by atoms with van der Waals surface area (Å²) in [6.45, 7) is 11.7. The van der Waals surface area contributed by atoms with Gasteiger partial charge in [0.15, 0.2) is 0 Å². The van der Waals surface area contributed by atoms with Crippen molar-refractivity contribution in [2.24, 2.45) is 0 Å². The highest BCUT2D eigenvalue weighted by Crippen LogP contribution is 2.34. The van der Waals surface area contributed by atoms with Crippen molar-refractivity contribution in [3.63, 3.8) is 0 Å². The Kier molecular flexibility index (Phi) is 7.68. The first-order chi connectivity index (χ1) is 13.1. The summed E-state index contributed by atoms with van der Waals surface area (Å²) in [7, 11) is 4.20. The van der Waals surface area contributed by atoms with E-state index in [2.05, 4.69) is 61.0 Å². The molecule has 0 radical (unpaired) electrons. The van der Waals surface area contributed by atoms with Gasteiger partial charge in [-0.25, -0.2) is 0 Å². The van der Waals surface area contributed by atoms with Crippen LogP contribution < -0.4 is 4.74 Å². The highest BCUT2D eigenvalue weighted by atomic mass is 16.5. The van der Waals surface area contributed by atoms with Crippen LogP contribution in [0.15, 0.2) is 55.2 Å². The fourth-order valence-corrected chi connectivity index (χ4v) is 3.04. The summed E-state index contributed by atoms with van der Waals surface area (Å²) in [6.07, 6.45) is 3.09. The molecule has 0 saturated heterocycles. The molecular weight excluding hydrogens is 332 g/mol. The maximum Gasteiger partial charge on any atom is 0.129 e. The molecule has 0 aliphatic heterocycles. The van der Waals surface area contributed by atoms with E-state index in [1.165, 1.54) is 16.5 Å². The molecule has 1 heterocycles. The molecule has 144 valence electrons. The molecule has 0 unspecified atom stereocenters. The van der Waals surface area contributed by atoms with E-state index in [0.717, 1.165) is 35.4 Å². The SMILES string of the molecule is C=C(C)c1ccc(OCc2ccccc2)c2c(CCN(C)C)c[nH]c12.CC. The summed E-state index contributed by atoms with van der Waals surface area (Å²) in [4.78, 5) is 5.64. The van der Waals surface area contributed by atoms with E-state index in [0.29, 0.717) is 6.61 Å². The van der Waals surface area contributed by atoms with Crippen LogP contribution in [-0.2, 0) is 13.0 Å². The lowest BCUT2D eigenvalue weighted by Crippen LogP contribution is -2.14. The maximum absolute atomic E-state index is 6.18. The third-order valence-corrected chi connectivity index (χ3v) is 4.40. The number of rotatable bonds is 7. The number of hydrogen-bond donors (Lipinski definition) is 1. The topological polar surface area (TPSA) is 28.3 Å². The van der Waals surface area contributed by atoms with E-state index in [1.54, 1.807) is 0 Å². The van der Waals surface area contributed by atoms with Gasteiger partial charge >= 0.3 is 0 Å². The van der Waals surface area contributed by atoms with Gasteiger partial charge in [0.1, 0.15) is 12.4 Å². The predicted molar refractivity (Wildman–Crippen MR) is 117 cm³/mol. The number of benzene rings is 2. The van der Waals surface area contributed by atoms with Crippen molar-refractivity contribution in [3.8, 4) is 5.75 Å². The molecular formula is C24H32N2O. The zero-order valence-electron chi connectivity index (χ0n) is 17.3. The number of nitrogens with zero attached hydrogens (tertiary/aromatic N) is 1. The standard InChI is InChI=1S/C22H26N2O.C2H6/c1-16(2)19-10-11-20(25-15-17-8-6-5-7-9-17)21-18(12-13-24(3)4)14-23-22(19)21;1-2/h5-11,14,23H,1,12-13,15H2,2-4H3;1-2H3. The van der Waals surface area contributed by atoms with Gasteiger partial charge in [-0.3, -0.25) is 0 Å². The van der Waals surface area contributed by atoms with Crippen molar-refractivity contribution in [2.75, 3.05) is 20.6 Å². The van der Waals surface area contributed by atoms with Crippen molar-refractivity contribution in [3.05, 3.63) is 71.9 Å². The van der Waals surface area contributed by atoms with E-state index in [-0.39, 0.29) is 0 Å². The van der Waals surface area contributed by atoms with Crippen LogP contribution >= 0.6 is 0 Å². The molecule has 2 aromatic carbocycles. The van der Waals surface area contributed by atoms with Gasteiger partial charge < -0.3 is 14.6 Å². The average Bonchev–Trinajstić information content (AvgIpc) is 3.11. The van der Waals surface area contributed by atoms with Crippen molar-refractivity contribution < 1.29 is 4.74 Å². The van der Waals surface area contributed by atoms with Crippen LogP contribution in [0, 0.1) is 0 Å². The quantitative estimate of drug-likeness (QED) is 0.564. The van der Waals surface area contributed by atoms with Gasteiger partial charge in [-0.2, -0.15) is 0 Å². The normalized spacial score (nSPS) is 10.6. The average molecular weight is 365 g/mol. The number of fused-ring (bicyclic) bond motifs is 1. The molecule has 0 fully saturated rings. The van der Waals surface area contributed by atoms with Crippen LogP contribution in [0.1, 0.15) is 37.5 Å². The minimum atomic E-state index is 0.570. The van der Waals surface area contributed by atoms with Gasteiger partial charge in [0.2, 0.25) is 0 Å². The molecule has 0 aliphatic carbocycles. The number of aromatic nitrogens is 1. The Bertz CT molecular complexity index is 863.